The zero-order valence-corrected chi connectivity index (χ0v) is 45.4. The molecule has 0 radical (unpaired) electrons. The number of halogens is 3. The Labute approximate surface area is 454 Å². The summed E-state index contributed by atoms with van der Waals surface area (Å²) in [5.74, 6) is -4.33. The van der Waals surface area contributed by atoms with E-state index in [1.54, 1.807) is 23.6 Å². The predicted octanol–water partition coefficient (Wildman–Crippen LogP) is 6.54. The third-order valence-electron chi connectivity index (χ3n) is 15.5. The number of fused-ring (bicyclic) bond motifs is 1. The Morgan fingerprint density at radius 1 is 0.897 bits per heavy atom. The molecule has 0 bridgehead atoms. The molecule has 5 N–H and O–H groups in total. The van der Waals surface area contributed by atoms with Crippen molar-refractivity contribution in [3.63, 3.8) is 0 Å². The molecule has 4 aliphatic rings. The molecule has 3 amide bonds. The number of carbonyl (C=O) groups excluding carboxylic acids is 4. The lowest BCUT2D eigenvalue weighted by Gasteiger charge is -2.47. The van der Waals surface area contributed by atoms with Gasteiger partial charge < -0.3 is 25.6 Å². The lowest BCUT2D eigenvalue weighted by atomic mass is 9.85. The molecule has 0 unspecified atom stereocenters. The molecule has 6 aromatic rings. The highest BCUT2D eigenvalue weighted by molar-refractivity contribution is 7.90. The highest BCUT2D eigenvalue weighted by atomic mass is 32.2. The molecule has 0 aliphatic carbocycles. The molecule has 0 saturated carbocycles. The van der Waals surface area contributed by atoms with E-state index in [-0.39, 0.29) is 62.4 Å². The van der Waals surface area contributed by atoms with Crippen LogP contribution in [0.15, 0.2) is 84.6 Å². The molecule has 4 saturated heterocycles. The summed E-state index contributed by atoms with van der Waals surface area (Å²) in [6.07, 6.45) is 2.67. The number of piperidine rings is 1. The van der Waals surface area contributed by atoms with Crippen LogP contribution in [0.1, 0.15) is 85.1 Å². The van der Waals surface area contributed by atoms with Gasteiger partial charge in [-0.1, -0.05) is 69.3 Å². The number of β-amino-alcohol motifs (C(OH)–C–C–N with tert-alkyl or cyclic N) is 1. The van der Waals surface area contributed by atoms with Gasteiger partial charge >= 0.3 is 10.2 Å². The first-order valence-electron chi connectivity index (χ1n) is 26.2. The lowest BCUT2D eigenvalue weighted by molar-refractivity contribution is -0.144. The van der Waals surface area contributed by atoms with Gasteiger partial charge in [0.2, 0.25) is 23.5 Å². The number of aromatic amines is 1. The number of likely N-dealkylation sites (tertiary alicyclic amines) is 3. The van der Waals surface area contributed by atoms with E-state index in [1.165, 1.54) is 16.7 Å². The first-order valence-corrected chi connectivity index (χ1v) is 28.6. The molecular formula is C56H63F3N10O7S2. The van der Waals surface area contributed by atoms with Gasteiger partial charge in [-0.05, 0) is 91.1 Å². The Balaban J connectivity index is 0.698. The molecule has 17 nitrogen and oxygen atoms in total. The summed E-state index contributed by atoms with van der Waals surface area (Å²) in [4.78, 5) is 73.9. The largest absolute Gasteiger partial charge is 0.391 e. The van der Waals surface area contributed by atoms with Gasteiger partial charge in [0.15, 0.2) is 5.82 Å². The van der Waals surface area contributed by atoms with Crippen molar-refractivity contribution in [1.82, 2.24) is 44.6 Å². The van der Waals surface area contributed by atoms with Crippen molar-refractivity contribution in [2.45, 2.75) is 96.2 Å². The van der Waals surface area contributed by atoms with Crippen LogP contribution in [0.2, 0.25) is 0 Å². The van der Waals surface area contributed by atoms with Crippen LogP contribution >= 0.6 is 11.3 Å². The summed E-state index contributed by atoms with van der Waals surface area (Å²) >= 11 is 1.57. The van der Waals surface area contributed by atoms with E-state index in [0.717, 1.165) is 69.6 Å². The number of nitrogens with zero attached hydrogens (tertiary/aromatic N) is 6. The number of aryl methyl sites for hydroxylation is 1. The van der Waals surface area contributed by atoms with Crippen LogP contribution in [0.4, 0.5) is 18.9 Å². The van der Waals surface area contributed by atoms with E-state index in [4.69, 9.17) is 0 Å². The Kier molecular flexibility index (Phi) is 15.7. The Hall–Kier alpha value is -6.56. The fraction of sp³-hybridized carbons (Fsp3) is 0.429. The quantitative estimate of drug-likeness (QED) is 0.0657. The van der Waals surface area contributed by atoms with Gasteiger partial charge in [0.1, 0.15) is 29.7 Å². The van der Waals surface area contributed by atoms with Gasteiger partial charge in [0, 0.05) is 80.6 Å². The normalized spacial score (nSPS) is 20.5. The number of aliphatic hydroxyl groups is 1. The summed E-state index contributed by atoms with van der Waals surface area (Å²) in [5, 5.41) is 16.9. The third kappa shape index (κ3) is 11.6. The average Bonchev–Trinajstić information content (AvgIpc) is 4.30. The van der Waals surface area contributed by atoms with Crippen molar-refractivity contribution in [3.05, 3.63) is 124 Å². The maximum Gasteiger partial charge on any atom is 0.301 e. The first kappa shape index (κ1) is 54.8. The van der Waals surface area contributed by atoms with Gasteiger partial charge in [-0.3, -0.25) is 33.7 Å². The summed E-state index contributed by atoms with van der Waals surface area (Å²) in [6.45, 7) is 10.6. The molecule has 0 spiro atoms. The number of thiazole rings is 1. The van der Waals surface area contributed by atoms with Crippen LogP contribution in [-0.2, 0) is 31.1 Å². The van der Waals surface area contributed by atoms with Crippen molar-refractivity contribution < 1.29 is 45.9 Å². The van der Waals surface area contributed by atoms with Crippen molar-refractivity contribution >= 4 is 61.8 Å². The Morgan fingerprint density at radius 3 is 2.28 bits per heavy atom. The van der Waals surface area contributed by atoms with Crippen LogP contribution in [0.25, 0.3) is 32.6 Å². The smallest absolute Gasteiger partial charge is 0.301 e. The summed E-state index contributed by atoms with van der Waals surface area (Å²) in [7, 11) is -4.37. The number of hydrogen-bond donors (Lipinski definition) is 5. The number of nitrogens with one attached hydrogen (secondary N) is 4. The maximum absolute atomic E-state index is 15.8. The first-order chi connectivity index (χ1) is 37.2. The van der Waals surface area contributed by atoms with E-state index in [1.807, 2.05) is 74.3 Å². The van der Waals surface area contributed by atoms with Crippen molar-refractivity contribution in [3.8, 4) is 21.6 Å². The molecule has 7 heterocycles. The second kappa shape index (κ2) is 22.3. The molecule has 3 aromatic heterocycles. The molecule has 78 heavy (non-hydrogen) atoms. The van der Waals surface area contributed by atoms with Crippen LogP contribution in [0, 0.1) is 24.0 Å². The van der Waals surface area contributed by atoms with E-state index in [0.29, 0.717) is 35.6 Å². The van der Waals surface area contributed by atoms with E-state index in [2.05, 4.69) is 47.5 Å². The lowest BCUT2D eigenvalue weighted by Crippen LogP contribution is -2.63. The number of ketones is 1. The number of rotatable bonds is 16. The van der Waals surface area contributed by atoms with Gasteiger partial charge in [0.05, 0.1) is 40.0 Å². The van der Waals surface area contributed by atoms with Gasteiger partial charge in [-0.15, -0.1) is 11.3 Å². The van der Waals surface area contributed by atoms with E-state index >= 15 is 8.78 Å². The van der Waals surface area contributed by atoms with E-state index in [9.17, 15) is 37.1 Å². The van der Waals surface area contributed by atoms with Crippen molar-refractivity contribution in [2.75, 3.05) is 57.1 Å². The summed E-state index contributed by atoms with van der Waals surface area (Å²) < 4.78 is 73.4. The molecule has 4 atom stereocenters. The van der Waals surface area contributed by atoms with Crippen LogP contribution in [0.5, 0.6) is 0 Å². The monoisotopic (exact) mass is 1110 g/mol. The predicted molar refractivity (Wildman–Crippen MR) is 290 cm³/mol. The number of carbonyl (C=O) groups is 4. The number of hydrogen-bond acceptors (Lipinski definition) is 12. The Bertz CT molecular complexity index is 3340. The molecule has 4 fully saturated rings. The fourth-order valence-electron chi connectivity index (χ4n) is 11.1. The number of alkyl halides is 1. The molecular weight excluding hydrogens is 1050 g/mol. The minimum absolute atomic E-state index is 0.00684. The standard InChI is InChI=1S/C56H63F3N10O7S2/c1-32-51(77-31-63-32)37-7-5-33(6-8-37)23-62-54(73)46-22-41(70)29-69(46)55(74)52(56(2,3)4)64-47(71)30-66-27-40(28-66)67-18-15-36(16-19-67)34-9-11-35(12-10-34)38-21-42-43(25-61-53(42)60-24-38)50(72)48-44(58)13-14-45(49(48)59)65-78(75,76)68-20-17-39(57)26-68/h5-14,21,24-25,31,36,39-41,46,52,65,70H,15-20,22-23,26-30H2,1-4H3,(H,60,61)(H,62,73)(H,64,71)/t39-,41-,46+,52-/m1/s1. The maximum atomic E-state index is 15.8. The zero-order valence-electron chi connectivity index (χ0n) is 43.8. The second-order valence-electron chi connectivity index (χ2n) is 22.0. The second-order valence-corrected chi connectivity index (χ2v) is 24.5. The minimum atomic E-state index is -4.37. The van der Waals surface area contributed by atoms with Crippen molar-refractivity contribution in [1.29, 1.82) is 0 Å². The number of aliphatic hydroxyl groups excluding tert-OH is 1. The number of pyridine rings is 1. The third-order valence-corrected chi connectivity index (χ3v) is 18.0. The molecule has 10 rings (SSSR count). The van der Waals surface area contributed by atoms with Crippen LogP contribution in [-0.4, -0.2) is 154 Å². The molecule has 412 valence electrons. The summed E-state index contributed by atoms with van der Waals surface area (Å²) in [5.41, 5.74) is 5.33. The van der Waals surface area contributed by atoms with Crippen LogP contribution < -0.4 is 15.4 Å². The average molecular weight is 1110 g/mol. The highest BCUT2D eigenvalue weighted by Gasteiger charge is 2.45. The minimum Gasteiger partial charge on any atom is -0.391 e. The van der Waals surface area contributed by atoms with E-state index < -0.39 is 81.1 Å². The summed E-state index contributed by atoms with van der Waals surface area (Å²) in [6, 6.07) is 17.8. The molecule has 22 heteroatoms. The number of amides is 3. The molecule has 4 aliphatic heterocycles. The van der Waals surface area contributed by atoms with Gasteiger partial charge in [-0.2, -0.15) is 12.7 Å². The molecule has 3 aromatic carbocycles. The van der Waals surface area contributed by atoms with Crippen LogP contribution in [0.3, 0.4) is 0 Å². The van der Waals surface area contributed by atoms with Crippen molar-refractivity contribution in [2.24, 2.45) is 5.41 Å². The SMILES string of the molecule is Cc1ncsc1-c1ccc(CNC(=O)[C@@H]2C[C@@H](O)CN2C(=O)[C@@H](NC(=O)CN2CC(N3CCC(c4ccc(-c5cnc6[nH]cc(C(=O)c7c(F)ccc(NS(=O)(=O)N8CC[C@@H](F)C8)c7F)c6c5)cc4)CC3)C2)C(C)(C)C)cc1. The number of benzene rings is 3. The topological polar surface area (TPSA) is 213 Å². The van der Waals surface area contributed by atoms with Gasteiger partial charge in [0.25, 0.3) is 0 Å². The fourth-order valence-corrected chi connectivity index (χ4v) is 13.2. The number of anilines is 1. The van der Waals surface area contributed by atoms with Gasteiger partial charge in [-0.25, -0.2) is 23.1 Å². The number of aromatic nitrogens is 3. The number of H-pyrrole nitrogens is 1. The highest BCUT2D eigenvalue weighted by Crippen LogP contribution is 2.35. The zero-order chi connectivity index (χ0) is 55.2. The Morgan fingerprint density at radius 2 is 1.62 bits per heavy atom.